The SMILES string of the molecule is CCOC(=O)C[C@H]1CC[C@H](C(=O)N2c3ccc(C(F)(F)F)cc3C(NCc3cc(C(F)(F)F)cc(C(F)(F)F)c3)C[C@H]2CC)CC1. The van der Waals surface area contributed by atoms with Gasteiger partial charge in [0.1, 0.15) is 0 Å². The van der Waals surface area contributed by atoms with Gasteiger partial charge >= 0.3 is 24.5 Å². The number of benzene rings is 2. The van der Waals surface area contributed by atoms with Gasteiger partial charge in [-0.2, -0.15) is 39.5 Å². The molecule has 1 N–H and O–H groups in total. The van der Waals surface area contributed by atoms with Crippen LogP contribution in [0.4, 0.5) is 45.2 Å². The Kier molecular flexibility index (Phi) is 10.7. The van der Waals surface area contributed by atoms with Gasteiger partial charge in [0.2, 0.25) is 5.91 Å². The standard InChI is InChI=1S/C32H35F9N2O3/c1-3-24-16-26(42-17-19-11-22(31(36,37)38)14-23(12-19)32(39,40)41)25-15-21(30(33,34)35)9-10-27(25)43(24)29(45)20-7-5-18(6-8-20)13-28(44)46-4-2/h9-12,14-15,18,20,24,26,42H,3-8,13,16-17H2,1-2H3/t18-,20-,24-,26?/m1/s1. The number of halogens is 9. The van der Waals surface area contributed by atoms with Crippen LogP contribution in [-0.2, 0) is 39.4 Å². The quantitative estimate of drug-likeness (QED) is 0.226. The first-order valence-corrected chi connectivity index (χ1v) is 15.1. The second-order valence-corrected chi connectivity index (χ2v) is 11.9. The van der Waals surface area contributed by atoms with Gasteiger partial charge < -0.3 is 15.0 Å². The Labute approximate surface area is 260 Å². The van der Waals surface area contributed by atoms with Crippen molar-refractivity contribution < 1.29 is 53.8 Å². The van der Waals surface area contributed by atoms with Crippen molar-refractivity contribution in [3.8, 4) is 0 Å². The van der Waals surface area contributed by atoms with Crippen LogP contribution in [0.1, 0.15) is 92.7 Å². The number of hydrogen-bond acceptors (Lipinski definition) is 4. The van der Waals surface area contributed by atoms with Crippen molar-refractivity contribution in [2.24, 2.45) is 11.8 Å². The minimum absolute atomic E-state index is 0.00986. The fourth-order valence-corrected chi connectivity index (χ4v) is 6.40. The third-order valence-electron chi connectivity index (χ3n) is 8.73. The van der Waals surface area contributed by atoms with Crippen LogP contribution < -0.4 is 10.2 Å². The van der Waals surface area contributed by atoms with E-state index in [4.69, 9.17) is 4.74 Å². The molecule has 5 nitrogen and oxygen atoms in total. The Bertz CT molecular complexity index is 1360. The highest BCUT2D eigenvalue weighted by Gasteiger charge is 2.41. The molecule has 0 saturated heterocycles. The van der Waals surface area contributed by atoms with Gasteiger partial charge in [-0.25, -0.2) is 0 Å². The second kappa shape index (κ2) is 13.8. The van der Waals surface area contributed by atoms with Crippen molar-refractivity contribution >= 4 is 17.6 Å². The maximum Gasteiger partial charge on any atom is 0.416 e. The maximum absolute atomic E-state index is 13.9. The first-order valence-electron chi connectivity index (χ1n) is 15.1. The number of hydrogen-bond donors (Lipinski definition) is 1. The fraction of sp³-hybridized carbons (Fsp3) is 0.562. The summed E-state index contributed by atoms with van der Waals surface area (Å²) < 4.78 is 127. The number of esters is 1. The van der Waals surface area contributed by atoms with Gasteiger partial charge in [-0.3, -0.25) is 9.59 Å². The molecule has 2 aromatic rings. The van der Waals surface area contributed by atoms with Crippen molar-refractivity contribution in [2.45, 2.75) is 96.0 Å². The van der Waals surface area contributed by atoms with E-state index in [2.05, 4.69) is 5.32 Å². The number of carbonyl (C=O) groups is 2. The van der Waals surface area contributed by atoms with Crippen molar-refractivity contribution in [2.75, 3.05) is 11.5 Å². The Morgan fingerprint density at radius 3 is 1.93 bits per heavy atom. The normalized spacial score (nSPS) is 22.4. The van der Waals surface area contributed by atoms with E-state index in [1.165, 1.54) is 11.0 Å². The molecule has 1 amide bonds. The number of alkyl halides is 9. The summed E-state index contributed by atoms with van der Waals surface area (Å²) in [4.78, 5) is 27.3. The summed E-state index contributed by atoms with van der Waals surface area (Å²) >= 11 is 0. The summed E-state index contributed by atoms with van der Waals surface area (Å²) in [6.07, 6.45) is -12.0. The smallest absolute Gasteiger partial charge is 0.416 e. The van der Waals surface area contributed by atoms with Crippen LogP contribution in [0.3, 0.4) is 0 Å². The summed E-state index contributed by atoms with van der Waals surface area (Å²) in [7, 11) is 0. The first kappa shape index (κ1) is 35.6. The molecule has 1 fully saturated rings. The van der Waals surface area contributed by atoms with Crippen LogP contribution in [0.2, 0.25) is 0 Å². The lowest BCUT2D eigenvalue weighted by Crippen LogP contribution is -2.49. The number of nitrogens with one attached hydrogen (secondary N) is 1. The van der Waals surface area contributed by atoms with Crippen molar-refractivity contribution in [1.29, 1.82) is 0 Å². The van der Waals surface area contributed by atoms with Gasteiger partial charge in [0.05, 0.1) is 23.3 Å². The van der Waals surface area contributed by atoms with Gasteiger partial charge in [-0.1, -0.05) is 6.92 Å². The van der Waals surface area contributed by atoms with Crippen LogP contribution in [0.25, 0.3) is 0 Å². The number of anilines is 1. The number of rotatable bonds is 8. The predicted molar refractivity (Wildman–Crippen MR) is 150 cm³/mol. The molecule has 0 aromatic heterocycles. The van der Waals surface area contributed by atoms with Gasteiger partial charge in [0.15, 0.2) is 0 Å². The summed E-state index contributed by atoms with van der Waals surface area (Å²) in [6.45, 7) is 3.26. The minimum atomic E-state index is -5.05. The molecule has 1 saturated carbocycles. The summed E-state index contributed by atoms with van der Waals surface area (Å²) in [6, 6.07) is 2.68. The molecule has 0 bridgehead atoms. The zero-order valence-electron chi connectivity index (χ0n) is 25.2. The molecule has 14 heteroatoms. The molecule has 2 aromatic carbocycles. The molecule has 254 valence electrons. The first-order chi connectivity index (χ1) is 21.4. The van der Waals surface area contributed by atoms with Crippen LogP contribution in [0, 0.1) is 11.8 Å². The molecule has 0 radical (unpaired) electrons. The summed E-state index contributed by atoms with van der Waals surface area (Å²) in [5, 5.41) is 2.88. The molecule has 0 spiro atoms. The van der Waals surface area contributed by atoms with Crippen molar-refractivity contribution in [3.63, 3.8) is 0 Å². The lowest BCUT2D eigenvalue weighted by Gasteiger charge is -2.43. The molecule has 4 rings (SSSR count). The Morgan fingerprint density at radius 2 is 1.41 bits per heavy atom. The lowest BCUT2D eigenvalue weighted by atomic mass is 9.79. The molecular formula is C32H35F9N2O3. The summed E-state index contributed by atoms with van der Waals surface area (Å²) in [5.74, 6) is -0.964. The number of fused-ring (bicyclic) bond motifs is 1. The van der Waals surface area contributed by atoms with E-state index in [1.807, 2.05) is 0 Å². The van der Waals surface area contributed by atoms with E-state index < -0.39 is 59.8 Å². The topological polar surface area (TPSA) is 58.6 Å². The van der Waals surface area contributed by atoms with Crippen molar-refractivity contribution in [1.82, 2.24) is 5.32 Å². The second-order valence-electron chi connectivity index (χ2n) is 11.9. The van der Waals surface area contributed by atoms with Crippen LogP contribution in [0.5, 0.6) is 0 Å². The highest BCUT2D eigenvalue weighted by molar-refractivity contribution is 5.97. The molecule has 2 aliphatic rings. The van der Waals surface area contributed by atoms with Crippen LogP contribution >= 0.6 is 0 Å². The van der Waals surface area contributed by atoms with E-state index in [-0.39, 0.29) is 60.1 Å². The monoisotopic (exact) mass is 666 g/mol. The zero-order valence-corrected chi connectivity index (χ0v) is 25.2. The maximum atomic E-state index is 13.9. The lowest BCUT2D eigenvalue weighted by molar-refractivity contribution is -0.145. The minimum Gasteiger partial charge on any atom is -0.466 e. The highest BCUT2D eigenvalue weighted by Crippen LogP contribution is 2.44. The molecule has 46 heavy (non-hydrogen) atoms. The fourth-order valence-electron chi connectivity index (χ4n) is 6.40. The summed E-state index contributed by atoms with van der Waals surface area (Å²) in [5.41, 5.74) is -4.06. The van der Waals surface area contributed by atoms with Crippen LogP contribution in [0.15, 0.2) is 36.4 Å². The predicted octanol–water partition coefficient (Wildman–Crippen LogP) is 8.85. The molecule has 1 unspecified atom stereocenters. The van der Waals surface area contributed by atoms with E-state index in [9.17, 15) is 49.1 Å². The molecule has 1 heterocycles. The van der Waals surface area contributed by atoms with E-state index in [0.717, 1.165) is 12.1 Å². The van der Waals surface area contributed by atoms with E-state index >= 15 is 0 Å². The number of ether oxygens (including phenoxy) is 1. The Hall–Kier alpha value is -3.29. The number of nitrogens with zero attached hydrogens (tertiary/aromatic N) is 1. The molecule has 1 aliphatic carbocycles. The van der Waals surface area contributed by atoms with Gasteiger partial charge in [-0.15, -0.1) is 0 Å². The number of amides is 1. The van der Waals surface area contributed by atoms with Gasteiger partial charge in [-0.05, 0) is 98.9 Å². The average molecular weight is 667 g/mol. The largest absolute Gasteiger partial charge is 0.466 e. The Morgan fingerprint density at radius 1 is 0.826 bits per heavy atom. The zero-order chi connectivity index (χ0) is 34.0. The van der Waals surface area contributed by atoms with Crippen LogP contribution in [-0.4, -0.2) is 24.5 Å². The third kappa shape index (κ3) is 8.34. The highest BCUT2D eigenvalue weighted by atomic mass is 19.4. The number of carbonyl (C=O) groups excluding carboxylic acids is 2. The van der Waals surface area contributed by atoms with Gasteiger partial charge in [0.25, 0.3) is 0 Å². The van der Waals surface area contributed by atoms with Gasteiger partial charge in [0, 0.05) is 36.7 Å². The third-order valence-corrected chi connectivity index (χ3v) is 8.73. The molecular weight excluding hydrogens is 631 g/mol. The van der Waals surface area contributed by atoms with E-state index in [1.54, 1.807) is 13.8 Å². The molecule has 2 atom stereocenters. The van der Waals surface area contributed by atoms with E-state index in [0.29, 0.717) is 44.2 Å². The molecule has 1 aliphatic heterocycles. The van der Waals surface area contributed by atoms with Crippen molar-refractivity contribution in [3.05, 3.63) is 64.2 Å². The average Bonchev–Trinajstić information content (AvgIpc) is 2.98. The Balaban J connectivity index is 1.62.